The molecule has 0 saturated heterocycles. The lowest BCUT2D eigenvalue weighted by Gasteiger charge is -2.41. The summed E-state index contributed by atoms with van der Waals surface area (Å²) in [5.41, 5.74) is 1.83. The van der Waals surface area contributed by atoms with Crippen molar-refractivity contribution in [3.8, 4) is 11.5 Å². The number of amides is 1. The summed E-state index contributed by atoms with van der Waals surface area (Å²) in [5, 5.41) is 3.11. The average molecular weight is 537 g/mol. The highest BCUT2D eigenvalue weighted by molar-refractivity contribution is 7.92. The predicted octanol–water partition coefficient (Wildman–Crippen LogP) is 5.79. The van der Waals surface area contributed by atoms with Crippen LogP contribution in [0.15, 0.2) is 77.7 Å². The Balaban J connectivity index is 1.65. The van der Waals surface area contributed by atoms with E-state index in [-0.39, 0.29) is 17.5 Å². The van der Waals surface area contributed by atoms with Gasteiger partial charge in [-0.1, -0.05) is 49.7 Å². The SMILES string of the molecule is CCOc1ccc(N(CC(=O)NC2CC(CC)(CC)Oc3ccccc32)S(=O)(=O)c2ccc(C)cc2)cc1. The van der Waals surface area contributed by atoms with Crippen molar-refractivity contribution in [2.75, 3.05) is 17.5 Å². The Bertz CT molecular complexity index is 1350. The fourth-order valence-electron chi connectivity index (χ4n) is 4.83. The molecule has 1 aliphatic rings. The van der Waals surface area contributed by atoms with E-state index < -0.39 is 21.5 Å². The minimum absolute atomic E-state index is 0.122. The number of hydrogen-bond acceptors (Lipinski definition) is 5. The van der Waals surface area contributed by atoms with Gasteiger partial charge in [-0.2, -0.15) is 0 Å². The number of carbonyl (C=O) groups is 1. The maximum atomic E-state index is 13.8. The van der Waals surface area contributed by atoms with Crippen LogP contribution < -0.4 is 19.1 Å². The Morgan fingerprint density at radius 3 is 2.29 bits per heavy atom. The van der Waals surface area contributed by atoms with Crippen LogP contribution in [0.25, 0.3) is 0 Å². The number of para-hydroxylation sites is 1. The second-order valence-corrected chi connectivity index (χ2v) is 11.5. The van der Waals surface area contributed by atoms with Crippen molar-refractivity contribution in [2.45, 2.75) is 63.5 Å². The molecule has 0 spiro atoms. The number of aryl methyl sites for hydroxylation is 1. The van der Waals surface area contributed by atoms with Gasteiger partial charge >= 0.3 is 0 Å². The monoisotopic (exact) mass is 536 g/mol. The molecule has 8 heteroatoms. The van der Waals surface area contributed by atoms with Gasteiger partial charge < -0.3 is 14.8 Å². The maximum absolute atomic E-state index is 13.8. The van der Waals surface area contributed by atoms with Gasteiger partial charge in [-0.05, 0) is 69.2 Å². The van der Waals surface area contributed by atoms with E-state index in [1.807, 2.05) is 38.1 Å². The number of fused-ring (bicyclic) bond motifs is 1. The first-order chi connectivity index (χ1) is 18.2. The van der Waals surface area contributed by atoms with Crippen molar-refractivity contribution in [1.82, 2.24) is 5.32 Å². The topological polar surface area (TPSA) is 84.9 Å². The van der Waals surface area contributed by atoms with Crippen LogP contribution >= 0.6 is 0 Å². The number of rotatable bonds is 10. The third-order valence-electron chi connectivity index (χ3n) is 7.15. The summed E-state index contributed by atoms with van der Waals surface area (Å²) >= 11 is 0. The van der Waals surface area contributed by atoms with E-state index >= 15 is 0 Å². The number of ether oxygens (including phenoxy) is 2. The third-order valence-corrected chi connectivity index (χ3v) is 8.94. The highest BCUT2D eigenvalue weighted by atomic mass is 32.2. The second kappa shape index (κ2) is 11.5. The van der Waals surface area contributed by atoms with Crippen LogP contribution in [0.5, 0.6) is 11.5 Å². The summed E-state index contributed by atoms with van der Waals surface area (Å²) in [6.07, 6.45) is 2.20. The van der Waals surface area contributed by atoms with Crippen LogP contribution in [0.3, 0.4) is 0 Å². The van der Waals surface area contributed by atoms with Crippen molar-refractivity contribution in [3.05, 3.63) is 83.9 Å². The van der Waals surface area contributed by atoms with Gasteiger partial charge in [0.2, 0.25) is 5.91 Å². The van der Waals surface area contributed by atoms with Gasteiger partial charge in [0, 0.05) is 12.0 Å². The normalized spacial score (nSPS) is 16.2. The second-order valence-electron chi connectivity index (χ2n) is 9.61. The highest BCUT2D eigenvalue weighted by Crippen LogP contribution is 2.42. The lowest BCUT2D eigenvalue weighted by atomic mass is 9.83. The smallest absolute Gasteiger partial charge is 0.264 e. The van der Waals surface area contributed by atoms with Crippen molar-refractivity contribution in [2.24, 2.45) is 0 Å². The molecule has 0 saturated carbocycles. The Labute approximate surface area is 225 Å². The quantitative estimate of drug-likeness (QED) is 0.355. The van der Waals surface area contributed by atoms with E-state index in [9.17, 15) is 13.2 Å². The van der Waals surface area contributed by atoms with Crippen LogP contribution in [0, 0.1) is 6.92 Å². The lowest BCUT2D eigenvalue weighted by molar-refractivity contribution is -0.121. The molecular weight excluding hydrogens is 500 g/mol. The van der Waals surface area contributed by atoms with Gasteiger partial charge in [0.1, 0.15) is 23.6 Å². The van der Waals surface area contributed by atoms with Gasteiger partial charge in [-0.15, -0.1) is 0 Å². The van der Waals surface area contributed by atoms with Crippen LogP contribution in [-0.2, 0) is 14.8 Å². The largest absolute Gasteiger partial charge is 0.494 e. The zero-order valence-electron chi connectivity index (χ0n) is 22.4. The molecule has 0 aromatic heterocycles. The Morgan fingerprint density at radius 1 is 1.00 bits per heavy atom. The maximum Gasteiger partial charge on any atom is 0.264 e. The molecule has 0 bridgehead atoms. The number of hydrogen-bond donors (Lipinski definition) is 1. The van der Waals surface area contributed by atoms with Gasteiger partial charge in [-0.3, -0.25) is 9.10 Å². The molecule has 0 radical (unpaired) electrons. The van der Waals surface area contributed by atoms with Crippen molar-refractivity contribution in [3.63, 3.8) is 0 Å². The minimum Gasteiger partial charge on any atom is -0.494 e. The zero-order chi connectivity index (χ0) is 27.3. The summed E-state index contributed by atoms with van der Waals surface area (Å²) in [6, 6.07) is 20.8. The number of sulfonamides is 1. The molecule has 0 fully saturated rings. The molecule has 0 aliphatic carbocycles. The Kier molecular flexibility index (Phi) is 8.31. The molecule has 202 valence electrons. The van der Waals surface area contributed by atoms with E-state index in [0.29, 0.717) is 24.5 Å². The average Bonchev–Trinajstić information content (AvgIpc) is 2.92. The first-order valence-corrected chi connectivity index (χ1v) is 14.5. The van der Waals surface area contributed by atoms with E-state index in [1.54, 1.807) is 48.5 Å². The molecule has 1 unspecified atom stereocenters. The van der Waals surface area contributed by atoms with Crippen LogP contribution in [0.4, 0.5) is 5.69 Å². The zero-order valence-corrected chi connectivity index (χ0v) is 23.3. The molecule has 1 atom stereocenters. The number of nitrogens with zero attached hydrogens (tertiary/aromatic N) is 1. The summed E-state index contributed by atoms with van der Waals surface area (Å²) in [7, 11) is -4.02. The first kappa shape index (κ1) is 27.5. The van der Waals surface area contributed by atoms with Crippen molar-refractivity contribution in [1.29, 1.82) is 0 Å². The summed E-state index contributed by atoms with van der Waals surface area (Å²) in [6.45, 7) is 8.07. The molecule has 7 nitrogen and oxygen atoms in total. The Morgan fingerprint density at radius 2 is 1.66 bits per heavy atom. The van der Waals surface area contributed by atoms with Crippen molar-refractivity contribution >= 4 is 21.6 Å². The number of benzene rings is 3. The van der Waals surface area contributed by atoms with Crippen LogP contribution in [0.2, 0.25) is 0 Å². The highest BCUT2D eigenvalue weighted by Gasteiger charge is 2.39. The molecule has 1 amide bonds. The molecule has 3 aromatic rings. The van der Waals surface area contributed by atoms with Gasteiger partial charge in [0.05, 0.1) is 23.2 Å². The van der Waals surface area contributed by atoms with E-state index in [1.165, 1.54) is 0 Å². The molecule has 38 heavy (non-hydrogen) atoms. The molecule has 1 aliphatic heterocycles. The van der Waals surface area contributed by atoms with Crippen molar-refractivity contribution < 1.29 is 22.7 Å². The van der Waals surface area contributed by atoms with Gasteiger partial charge in [0.15, 0.2) is 0 Å². The predicted molar refractivity (Wildman–Crippen MR) is 149 cm³/mol. The first-order valence-electron chi connectivity index (χ1n) is 13.1. The number of carbonyl (C=O) groups excluding carboxylic acids is 1. The summed E-state index contributed by atoms with van der Waals surface area (Å²) in [4.78, 5) is 13.6. The van der Waals surface area contributed by atoms with E-state index in [2.05, 4.69) is 19.2 Å². The summed E-state index contributed by atoms with van der Waals surface area (Å²) < 4.78 is 40.6. The molecule has 1 N–H and O–H groups in total. The molecule has 4 rings (SSSR count). The molecule has 3 aromatic carbocycles. The van der Waals surface area contributed by atoms with Crippen LogP contribution in [0.1, 0.15) is 57.2 Å². The van der Waals surface area contributed by atoms with E-state index in [4.69, 9.17) is 9.47 Å². The third kappa shape index (κ3) is 5.80. The number of nitrogens with one attached hydrogen (secondary N) is 1. The van der Waals surface area contributed by atoms with Gasteiger partial charge in [0.25, 0.3) is 10.0 Å². The lowest BCUT2D eigenvalue weighted by Crippen LogP contribution is -2.47. The summed E-state index contributed by atoms with van der Waals surface area (Å²) in [5.74, 6) is 0.989. The van der Waals surface area contributed by atoms with Crippen LogP contribution in [-0.4, -0.2) is 33.1 Å². The molecular formula is C30H36N2O5S. The standard InChI is InChI=1S/C30H36N2O5S/c1-5-30(6-2)20-27(26-10-8-9-11-28(26)37-30)31-29(33)21-32(23-14-16-24(17-15-23)36-7-3)38(34,35)25-18-12-22(4)13-19-25/h8-19,27H,5-7,20-21H2,1-4H3,(H,31,33). The minimum atomic E-state index is -4.02. The fourth-order valence-corrected chi connectivity index (χ4v) is 6.25. The Hall–Kier alpha value is -3.52. The number of anilines is 1. The molecule has 1 heterocycles. The van der Waals surface area contributed by atoms with E-state index in [0.717, 1.165) is 34.0 Å². The van der Waals surface area contributed by atoms with Gasteiger partial charge in [-0.25, -0.2) is 8.42 Å². The fraction of sp³-hybridized carbons (Fsp3) is 0.367.